The third-order valence-corrected chi connectivity index (χ3v) is 5.58. The number of non-ortho nitro benzene ring substituents is 1. The number of morpholine rings is 1. The van der Waals surface area contributed by atoms with E-state index in [0.717, 1.165) is 12.1 Å². The fourth-order valence-corrected chi connectivity index (χ4v) is 4.37. The summed E-state index contributed by atoms with van der Waals surface area (Å²) < 4.78 is 31.2. The lowest BCUT2D eigenvalue weighted by Crippen LogP contribution is -2.40. The number of sulfonamides is 1. The van der Waals surface area contributed by atoms with Crippen molar-refractivity contribution >= 4 is 38.9 Å². The first-order valence-electron chi connectivity index (χ1n) is 5.55. The number of halogens is 2. The molecule has 1 aromatic rings. The molecule has 0 aliphatic carbocycles. The molecule has 0 amide bonds. The number of hydrogen-bond donors (Lipinski definition) is 0. The fourth-order valence-electron chi connectivity index (χ4n) is 1.81. The van der Waals surface area contributed by atoms with Gasteiger partial charge in [-0.25, -0.2) is 8.42 Å². The second-order valence-corrected chi connectivity index (χ2v) is 6.70. The molecule has 7 nitrogen and oxygen atoms in total. The van der Waals surface area contributed by atoms with Crippen LogP contribution in [0.2, 0.25) is 10.0 Å². The third-order valence-electron chi connectivity index (χ3n) is 2.76. The van der Waals surface area contributed by atoms with E-state index in [-0.39, 0.29) is 46.9 Å². The Labute approximate surface area is 125 Å². The number of nitro groups is 1. The summed E-state index contributed by atoms with van der Waals surface area (Å²) in [5.74, 6) is 0. The zero-order chi connectivity index (χ0) is 14.9. The highest BCUT2D eigenvalue weighted by molar-refractivity contribution is 7.89. The maximum absolute atomic E-state index is 12.4. The van der Waals surface area contributed by atoms with Crippen LogP contribution in [0.15, 0.2) is 17.0 Å². The lowest BCUT2D eigenvalue weighted by atomic mass is 10.3. The molecule has 10 heteroatoms. The first-order valence-corrected chi connectivity index (χ1v) is 7.75. The average Bonchev–Trinajstić information content (AvgIpc) is 2.38. The van der Waals surface area contributed by atoms with Crippen molar-refractivity contribution in [1.82, 2.24) is 4.31 Å². The Morgan fingerprint density at radius 1 is 1.20 bits per heavy atom. The quantitative estimate of drug-likeness (QED) is 0.619. The normalized spacial score (nSPS) is 17.1. The Morgan fingerprint density at radius 3 is 2.15 bits per heavy atom. The second-order valence-electron chi connectivity index (χ2n) is 4.01. The lowest BCUT2D eigenvalue weighted by Gasteiger charge is -2.26. The van der Waals surface area contributed by atoms with Gasteiger partial charge in [0.2, 0.25) is 10.0 Å². The number of rotatable bonds is 3. The molecule has 0 aromatic heterocycles. The van der Waals surface area contributed by atoms with Gasteiger partial charge in [-0.2, -0.15) is 4.31 Å². The first kappa shape index (κ1) is 15.5. The molecule has 110 valence electrons. The largest absolute Gasteiger partial charge is 0.379 e. The van der Waals surface area contributed by atoms with Crippen molar-refractivity contribution < 1.29 is 18.1 Å². The van der Waals surface area contributed by atoms with Crippen molar-refractivity contribution in [2.24, 2.45) is 0 Å². The molecule has 0 radical (unpaired) electrons. The summed E-state index contributed by atoms with van der Waals surface area (Å²) in [6.45, 7) is 0.931. The Bertz CT molecular complexity index is 620. The van der Waals surface area contributed by atoms with Gasteiger partial charge in [-0.15, -0.1) is 0 Å². The summed E-state index contributed by atoms with van der Waals surface area (Å²) in [5, 5.41) is 10.1. The molecule has 0 spiro atoms. The van der Waals surface area contributed by atoms with E-state index in [1.807, 2.05) is 0 Å². The molecule has 1 aromatic carbocycles. The van der Waals surface area contributed by atoms with Crippen molar-refractivity contribution in [3.05, 3.63) is 32.3 Å². The van der Waals surface area contributed by atoms with Crippen LogP contribution in [0, 0.1) is 10.1 Å². The molecule has 0 unspecified atom stereocenters. The Morgan fingerprint density at radius 2 is 1.70 bits per heavy atom. The van der Waals surface area contributed by atoms with Crippen molar-refractivity contribution in [2.45, 2.75) is 4.90 Å². The highest BCUT2D eigenvalue weighted by Gasteiger charge is 2.31. The van der Waals surface area contributed by atoms with E-state index >= 15 is 0 Å². The SMILES string of the molecule is O=[N+]([O-])c1cc(Cl)c(S(=O)(=O)N2CCOCC2)c(Cl)c1. The molecular formula is C10H10Cl2N2O5S. The van der Waals surface area contributed by atoms with Crippen LogP contribution in [0.4, 0.5) is 5.69 Å². The van der Waals surface area contributed by atoms with E-state index in [1.54, 1.807) is 0 Å². The van der Waals surface area contributed by atoms with Crippen LogP contribution in [0.25, 0.3) is 0 Å². The molecule has 20 heavy (non-hydrogen) atoms. The summed E-state index contributed by atoms with van der Waals surface area (Å²) in [6, 6.07) is 1.95. The number of nitrogens with zero attached hydrogens (tertiary/aromatic N) is 2. The van der Waals surface area contributed by atoms with E-state index in [9.17, 15) is 18.5 Å². The Balaban J connectivity index is 2.49. The lowest BCUT2D eigenvalue weighted by molar-refractivity contribution is -0.384. The van der Waals surface area contributed by atoms with Crippen LogP contribution in [0.1, 0.15) is 0 Å². The van der Waals surface area contributed by atoms with Crippen LogP contribution in [-0.4, -0.2) is 43.9 Å². The van der Waals surface area contributed by atoms with Gasteiger partial charge in [0.15, 0.2) is 0 Å². The summed E-state index contributed by atoms with van der Waals surface area (Å²) >= 11 is 11.7. The van der Waals surface area contributed by atoms with Crippen molar-refractivity contribution in [2.75, 3.05) is 26.3 Å². The first-order chi connectivity index (χ1) is 9.34. The predicted molar refractivity (Wildman–Crippen MR) is 72.7 cm³/mol. The van der Waals surface area contributed by atoms with Gasteiger partial charge >= 0.3 is 0 Å². The molecule has 1 aliphatic rings. The van der Waals surface area contributed by atoms with E-state index in [0.29, 0.717) is 0 Å². The summed E-state index contributed by atoms with van der Waals surface area (Å²) in [4.78, 5) is 9.68. The van der Waals surface area contributed by atoms with Crippen molar-refractivity contribution in [3.63, 3.8) is 0 Å². The van der Waals surface area contributed by atoms with E-state index in [1.165, 1.54) is 4.31 Å². The van der Waals surface area contributed by atoms with Crippen molar-refractivity contribution in [3.8, 4) is 0 Å². The summed E-state index contributed by atoms with van der Waals surface area (Å²) in [7, 11) is -3.90. The number of benzene rings is 1. The Kier molecular flexibility index (Phi) is 4.50. The zero-order valence-electron chi connectivity index (χ0n) is 10.1. The minimum atomic E-state index is -3.90. The molecule has 1 saturated heterocycles. The zero-order valence-corrected chi connectivity index (χ0v) is 12.4. The predicted octanol–water partition coefficient (Wildman–Crippen LogP) is 1.92. The second kappa shape index (κ2) is 5.82. The molecule has 0 N–H and O–H groups in total. The van der Waals surface area contributed by atoms with Gasteiger partial charge in [0.1, 0.15) is 4.90 Å². The third kappa shape index (κ3) is 2.89. The molecule has 2 rings (SSSR count). The van der Waals surface area contributed by atoms with Gasteiger partial charge in [0.25, 0.3) is 5.69 Å². The molecule has 1 heterocycles. The highest BCUT2D eigenvalue weighted by atomic mass is 35.5. The summed E-state index contributed by atoms with van der Waals surface area (Å²) in [6.07, 6.45) is 0. The highest BCUT2D eigenvalue weighted by Crippen LogP contribution is 2.35. The molecule has 0 saturated carbocycles. The van der Waals surface area contributed by atoms with Crippen LogP contribution in [-0.2, 0) is 14.8 Å². The van der Waals surface area contributed by atoms with Gasteiger partial charge in [0.05, 0.1) is 28.2 Å². The average molecular weight is 341 g/mol. The molecular weight excluding hydrogens is 331 g/mol. The van der Waals surface area contributed by atoms with Crippen LogP contribution in [0.3, 0.4) is 0 Å². The number of ether oxygens (including phenoxy) is 1. The minimum absolute atomic E-state index is 0.186. The smallest absolute Gasteiger partial charge is 0.272 e. The van der Waals surface area contributed by atoms with Gasteiger partial charge in [-0.05, 0) is 0 Å². The van der Waals surface area contributed by atoms with Crippen molar-refractivity contribution in [1.29, 1.82) is 0 Å². The monoisotopic (exact) mass is 340 g/mol. The molecule has 1 fully saturated rings. The van der Waals surface area contributed by atoms with E-state index < -0.39 is 14.9 Å². The van der Waals surface area contributed by atoms with Gasteiger partial charge < -0.3 is 4.74 Å². The van der Waals surface area contributed by atoms with Crippen LogP contribution >= 0.6 is 23.2 Å². The standard InChI is InChI=1S/C10H10Cl2N2O5S/c11-8-5-7(14(15)16)6-9(12)10(8)20(17,18)13-1-3-19-4-2-13/h5-6H,1-4H2. The van der Waals surface area contributed by atoms with E-state index in [4.69, 9.17) is 27.9 Å². The molecule has 0 bridgehead atoms. The minimum Gasteiger partial charge on any atom is -0.379 e. The molecule has 0 atom stereocenters. The number of hydrogen-bond acceptors (Lipinski definition) is 5. The maximum atomic E-state index is 12.4. The number of nitro benzene ring substituents is 1. The fraction of sp³-hybridized carbons (Fsp3) is 0.400. The van der Waals surface area contributed by atoms with E-state index in [2.05, 4.69) is 0 Å². The van der Waals surface area contributed by atoms with Gasteiger partial charge in [0, 0.05) is 25.2 Å². The summed E-state index contributed by atoms with van der Waals surface area (Å²) in [5.41, 5.74) is -0.360. The van der Waals surface area contributed by atoms with Crippen LogP contribution in [0.5, 0.6) is 0 Å². The van der Waals surface area contributed by atoms with Crippen LogP contribution < -0.4 is 0 Å². The topological polar surface area (TPSA) is 89.8 Å². The maximum Gasteiger partial charge on any atom is 0.272 e. The van der Waals surface area contributed by atoms with Gasteiger partial charge in [-0.1, -0.05) is 23.2 Å². The van der Waals surface area contributed by atoms with Gasteiger partial charge in [-0.3, -0.25) is 10.1 Å². The molecule has 1 aliphatic heterocycles. The Hall–Kier alpha value is -0.930.